The number of nitrogens with zero attached hydrogens (tertiary/aromatic N) is 2. The first-order valence-corrected chi connectivity index (χ1v) is 11.1. The highest BCUT2D eigenvalue weighted by atomic mass is 16.4. The van der Waals surface area contributed by atoms with Crippen molar-refractivity contribution in [3.05, 3.63) is 94.5 Å². The van der Waals surface area contributed by atoms with Gasteiger partial charge in [-0.1, -0.05) is 60.7 Å². The summed E-state index contributed by atoms with van der Waals surface area (Å²) in [4.78, 5) is 24.1. The molecule has 3 aromatic carbocycles. The van der Waals surface area contributed by atoms with Gasteiger partial charge in [0.2, 0.25) is 5.91 Å². The summed E-state index contributed by atoms with van der Waals surface area (Å²) in [6.45, 7) is 0. The van der Waals surface area contributed by atoms with E-state index in [-0.39, 0.29) is 18.4 Å². The summed E-state index contributed by atoms with van der Waals surface area (Å²) in [6, 6.07) is 24.4. The number of oxazole rings is 1. The second-order valence-electron chi connectivity index (χ2n) is 8.41. The normalized spacial score (nSPS) is 12.7. The summed E-state index contributed by atoms with van der Waals surface area (Å²) in [5.74, 6) is -0.626. The molecule has 0 saturated carbocycles. The van der Waals surface area contributed by atoms with E-state index in [1.165, 1.54) is 4.57 Å². The van der Waals surface area contributed by atoms with Crippen LogP contribution in [0.4, 0.5) is 0 Å². The average molecular weight is 455 g/mol. The molecule has 0 bridgehead atoms. The number of fused-ring (bicyclic) bond motifs is 1. The number of carbonyl (C=O) groups excluding carboxylic acids is 1. The Hall–Kier alpha value is -4.15. The molecule has 0 fully saturated rings. The van der Waals surface area contributed by atoms with Crippen LogP contribution >= 0.6 is 0 Å². The van der Waals surface area contributed by atoms with Crippen LogP contribution in [-0.2, 0) is 24.7 Å². The van der Waals surface area contributed by atoms with Gasteiger partial charge in [0.1, 0.15) is 6.04 Å². The van der Waals surface area contributed by atoms with Crippen molar-refractivity contribution in [2.24, 2.45) is 12.8 Å². The molecule has 0 saturated heterocycles. The monoisotopic (exact) mass is 454 g/mol. The minimum Gasteiger partial charge on any atom is -0.408 e. The molecule has 3 N–H and O–H groups in total. The lowest BCUT2D eigenvalue weighted by atomic mass is 10.00. The van der Waals surface area contributed by atoms with Crippen LogP contribution in [-0.4, -0.2) is 22.6 Å². The van der Waals surface area contributed by atoms with E-state index in [0.29, 0.717) is 18.4 Å². The van der Waals surface area contributed by atoms with Gasteiger partial charge in [0, 0.05) is 25.9 Å². The van der Waals surface area contributed by atoms with Gasteiger partial charge in [-0.3, -0.25) is 9.36 Å². The number of carbonyl (C=O) groups is 1. The van der Waals surface area contributed by atoms with E-state index in [1.807, 2.05) is 66.7 Å². The lowest BCUT2D eigenvalue weighted by Gasteiger charge is -2.15. The van der Waals surface area contributed by atoms with E-state index in [9.17, 15) is 14.9 Å². The summed E-state index contributed by atoms with van der Waals surface area (Å²) in [6.07, 6.45) is 1.16. The number of hydrogen-bond acceptors (Lipinski definition) is 5. The largest absolute Gasteiger partial charge is 0.419 e. The SMILES string of the molecule is Cn1c(=O)oc2ccc(-c3ccc(C[C@@H](C#N)NC(=O)CC(N)Cc4ccccc4)cc3)cc21. The van der Waals surface area contributed by atoms with Crippen LogP contribution < -0.4 is 16.8 Å². The zero-order valence-corrected chi connectivity index (χ0v) is 18.9. The third kappa shape index (κ3) is 5.42. The lowest BCUT2D eigenvalue weighted by molar-refractivity contribution is -0.121. The molecule has 4 aromatic rings. The van der Waals surface area contributed by atoms with Crippen molar-refractivity contribution in [2.75, 3.05) is 0 Å². The van der Waals surface area contributed by atoms with Gasteiger partial charge < -0.3 is 15.5 Å². The molecule has 0 aliphatic rings. The van der Waals surface area contributed by atoms with Crippen LogP contribution in [0.15, 0.2) is 82.0 Å². The summed E-state index contributed by atoms with van der Waals surface area (Å²) in [5.41, 5.74) is 11.3. The molecule has 1 unspecified atom stereocenters. The second-order valence-corrected chi connectivity index (χ2v) is 8.41. The number of amides is 1. The molecule has 0 spiro atoms. The molecule has 1 amide bonds. The first kappa shape index (κ1) is 23.0. The molecule has 1 heterocycles. The Labute approximate surface area is 197 Å². The fraction of sp³-hybridized carbons (Fsp3) is 0.222. The molecule has 7 nitrogen and oxygen atoms in total. The number of aryl methyl sites for hydroxylation is 1. The van der Waals surface area contributed by atoms with Crippen LogP contribution in [0.1, 0.15) is 17.5 Å². The molecule has 172 valence electrons. The van der Waals surface area contributed by atoms with E-state index >= 15 is 0 Å². The molecule has 7 heteroatoms. The zero-order chi connectivity index (χ0) is 24.1. The highest BCUT2D eigenvalue weighted by molar-refractivity contribution is 5.80. The Kier molecular flexibility index (Phi) is 6.90. The summed E-state index contributed by atoms with van der Waals surface area (Å²) in [5, 5.41) is 12.3. The van der Waals surface area contributed by atoms with Crippen molar-refractivity contribution >= 4 is 17.0 Å². The van der Waals surface area contributed by atoms with Crippen molar-refractivity contribution in [1.82, 2.24) is 9.88 Å². The lowest BCUT2D eigenvalue weighted by Crippen LogP contribution is -2.39. The Morgan fingerprint density at radius 3 is 2.41 bits per heavy atom. The number of aromatic nitrogens is 1. The van der Waals surface area contributed by atoms with Crippen molar-refractivity contribution in [2.45, 2.75) is 31.3 Å². The Balaban J connectivity index is 1.36. The number of nitrogens with one attached hydrogen (secondary N) is 1. The first-order chi connectivity index (χ1) is 16.4. The molecule has 34 heavy (non-hydrogen) atoms. The van der Waals surface area contributed by atoms with Gasteiger partial charge in [0.05, 0.1) is 11.6 Å². The highest BCUT2D eigenvalue weighted by Gasteiger charge is 2.16. The van der Waals surface area contributed by atoms with Gasteiger partial charge in [0.25, 0.3) is 0 Å². The van der Waals surface area contributed by atoms with Gasteiger partial charge in [-0.05, 0) is 40.8 Å². The number of hydrogen-bond donors (Lipinski definition) is 2. The van der Waals surface area contributed by atoms with Gasteiger partial charge in [-0.25, -0.2) is 4.79 Å². The molecular formula is C27H26N4O3. The summed E-state index contributed by atoms with van der Waals surface area (Å²) < 4.78 is 6.66. The summed E-state index contributed by atoms with van der Waals surface area (Å²) in [7, 11) is 1.67. The van der Waals surface area contributed by atoms with Crippen molar-refractivity contribution < 1.29 is 9.21 Å². The molecule has 0 radical (unpaired) electrons. The van der Waals surface area contributed by atoms with Crippen molar-refractivity contribution in [3.8, 4) is 17.2 Å². The summed E-state index contributed by atoms with van der Waals surface area (Å²) >= 11 is 0. The highest BCUT2D eigenvalue weighted by Crippen LogP contribution is 2.24. The average Bonchev–Trinajstić information content (AvgIpc) is 3.12. The van der Waals surface area contributed by atoms with Crippen LogP contribution in [0.5, 0.6) is 0 Å². The van der Waals surface area contributed by atoms with Gasteiger partial charge >= 0.3 is 5.76 Å². The number of benzene rings is 3. The number of nitriles is 1. The quantitative estimate of drug-likeness (QED) is 0.424. The van der Waals surface area contributed by atoms with Crippen LogP contribution in [0.3, 0.4) is 0 Å². The van der Waals surface area contributed by atoms with E-state index in [2.05, 4.69) is 11.4 Å². The van der Waals surface area contributed by atoms with Gasteiger partial charge in [-0.2, -0.15) is 5.26 Å². The van der Waals surface area contributed by atoms with Crippen LogP contribution in [0.25, 0.3) is 22.2 Å². The number of nitrogens with two attached hydrogens (primary N) is 1. The van der Waals surface area contributed by atoms with Crippen LogP contribution in [0.2, 0.25) is 0 Å². The molecule has 2 atom stereocenters. The molecular weight excluding hydrogens is 428 g/mol. The van der Waals surface area contributed by atoms with E-state index in [0.717, 1.165) is 27.8 Å². The Morgan fingerprint density at radius 1 is 1.03 bits per heavy atom. The Morgan fingerprint density at radius 2 is 1.71 bits per heavy atom. The van der Waals surface area contributed by atoms with E-state index in [4.69, 9.17) is 10.2 Å². The van der Waals surface area contributed by atoms with Crippen molar-refractivity contribution in [3.63, 3.8) is 0 Å². The van der Waals surface area contributed by atoms with E-state index < -0.39 is 11.8 Å². The first-order valence-electron chi connectivity index (χ1n) is 11.1. The smallest absolute Gasteiger partial charge is 0.408 e. The maximum Gasteiger partial charge on any atom is 0.419 e. The minimum absolute atomic E-state index is 0.158. The predicted molar refractivity (Wildman–Crippen MR) is 131 cm³/mol. The van der Waals surface area contributed by atoms with Gasteiger partial charge in [0.15, 0.2) is 5.58 Å². The van der Waals surface area contributed by atoms with Gasteiger partial charge in [-0.15, -0.1) is 0 Å². The Bertz CT molecular complexity index is 1380. The molecule has 0 aliphatic carbocycles. The zero-order valence-electron chi connectivity index (χ0n) is 18.9. The fourth-order valence-corrected chi connectivity index (χ4v) is 3.98. The number of rotatable bonds is 8. The minimum atomic E-state index is -0.640. The van der Waals surface area contributed by atoms with Crippen LogP contribution in [0, 0.1) is 11.3 Å². The molecule has 4 rings (SSSR count). The molecule has 0 aliphatic heterocycles. The van der Waals surface area contributed by atoms with Crippen molar-refractivity contribution in [1.29, 1.82) is 5.26 Å². The van der Waals surface area contributed by atoms with E-state index in [1.54, 1.807) is 13.1 Å². The third-order valence-corrected chi connectivity index (χ3v) is 5.80. The standard InChI is InChI=1S/C27H26N4O3/c1-31-24-15-21(11-12-25(24)34-27(31)33)20-9-7-19(8-10-20)14-23(17-28)30-26(32)16-22(29)13-18-5-3-2-4-6-18/h2-12,15,22-23H,13-14,16,29H2,1H3,(H,30,32)/t22?,23-/m0/s1. The second kappa shape index (κ2) is 10.2. The predicted octanol–water partition coefficient (Wildman–Crippen LogP) is 3.31. The molecule has 1 aromatic heterocycles. The maximum atomic E-state index is 12.4. The topological polar surface area (TPSA) is 114 Å². The fourth-order valence-electron chi connectivity index (χ4n) is 3.98. The maximum absolute atomic E-state index is 12.4. The third-order valence-electron chi connectivity index (χ3n) is 5.80.